The lowest BCUT2D eigenvalue weighted by Gasteiger charge is -2.47. The lowest BCUT2D eigenvalue weighted by molar-refractivity contribution is -0.231. The molecule has 3 amide bonds. The zero-order chi connectivity index (χ0) is 48.5. The Kier molecular flexibility index (Phi) is 40.0. The number of hydrogen-bond donors (Lipinski definition) is 7. The van der Waals surface area contributed by atoms with Crippen molar-refractivity contribution in [2.24, 2.45) is 0 Å². The standard InChI is InChI=1S/C53H101N3O10/c1-3-5-7-9-11-13-15-17-19-21-23-25-27-29-33-37-41-56(47(60)39-35-30-28-26-24-22-20-18-16-14-12-10-8-6-4-2)53-49(51(64)50(63)45(43-58)66-53)55-52(65)44(42-57)54-46(59)38-34-31-32-36-40-48(61)62/h44-45,49-51,53,57-58,63-64H,3-43H2,1-2H3,(H,54,59)(H,55,65)(H,61,62)/t44-,45+,49+,50+,51+,53+/m0/s1. The Morgan fingerprint density at radius 3 is 1.29 bits per heavy atom. The number of nitrogens with zero attached hydrogens (tertiary/aromatic N) is 1. The first-order valence-electron chi connectivity index (χ1n) is 27.4. The summed E-state index contributed by atoms with van der Waals surface area (Å²) in [5, 5.41) is 56.6. The monoisotopic (exact) mass is 940 g/mol. The van der Waals surface area contributed by atoms with Crippen molar-refractivity contribution in [1.82, 2.24) is 15.5 Å². The van der Waals surface area contributed by atoms with Gasteiger partial charge in [0.1, 0.15) is 30.4 Å². The molecule has 1 aliphatic heterocycles. The molecule has 66 heavy (non-hydrogen) atoms. The summed E-state index contributed by atoms with van der Waals surface area (Å²) in [6, 6.07) is -2.67. The number of aliphatic hydroxyl groups is 4. The summed E-state index contributed by atoms with van der Waals surface area (Å²) in [6.07, 6.45) is 34.6. The first kappa shape index (κ1) is 61.7. The van der Waals surface area contributed by atoms with Crippen LogP contribution in [0.1, 0.15) is 258 Å². The third-order valence-electron chi connectivity index (χ3n) is 13.5. The molecule has 1 aliphatic rings. The predicted molar refractivity (Wildman–Crippen MR) is 265 cm³/mol. The highest BCUT2D eigenvalue weighted by atomic mass is 16.5. The quantitative estimate of drug-likeness (QED) is 0.0288. The largest absolute Gasteiger partial charge is 0.481 e. The minimum absolute atomic E-state index is 0.0620. The van der Waals surface area contributed by atoms with Crippen molar-refractivity contribution in [3.8, 4) is 0 Å². The Morgan fingerprint density at radius 1 is 0.515 bits per heavy atom. The predicted octanol–water partition coefficient (Wildman–Crippen LogP) is 10.2. The summed E-state index contributed by atoms with van der Waals surface area (Å²) in [5.41, 5.74) is 0. The average molecular weight is 940 g/mol. The van der Waals surface area contributed by atoms with Crippen LogP contribution < -0.4 is 10.6 Å². The number of carboxylic acid groups (broad SMARTS) is 1. The fourth-order valence-corrected chi connectivity index (χ4v) is 9.18. The Bertz CT molecular complexity index is 1190. The maximum atomic E-state index is 14.1. The normalized spacial score (nSPS) is 18.8. The number of ether oxygens (including phenoxy) is 1. The zero-order valence-corrected chi connectivity index (χ0v) is 42.2. The first-order chi connectivity index (χ1) is 32.1. The maximum Gasteiger partial charge on any atom is 0.303 e. The number of carbonyl (C=O) groups is 4. The van der Waals surface area contributed by atoms with E-state index >= 15 is 0 Å². The minimum atomic E-state index is -1.61. The van der Waals surface area contributed by atoms with Gasteiger partial charge in [0.05, 0.1) is 13.2 Å². The van der Waals surface area contributed by atoms with Crippen molar-refractivity contribution in [2.75, 3.05) is 19.8 Å². The number of hydrogen-bond acceptors (Lipinski definition) is 9. The Morgan fingerprint density at radius 2 is 0.894 bits per heavy atom. The maximum absolute atomic E-state index is 14.1. The summed E-state index contributed by atoms with van der Waals surface area (Å²) in [7, 11) is 0. The third kappa shape index (κ3) is 30.9. The van der Waals surface area contributed by atoms with E-state index in [0.717, 1.165) is 38.5 Å². The number of aliphatic carboxylic acids is 1. The van der Waals surface area contributed by atoms with Crippen LogP contribution in [0.25, 0.3) is 0 Å². The first-order valence-corrected chi connectivity index (χ1v) is 27.4. The van der Waals surface area contributed by atoms with E-state index in [1.165, 1.54) is 148 Å². The molecule has 6 atom stereocenters. The fourth-order valence-electron chi connectivity index (χ4n) is 9.18. The topological polar surface area (TPSA) is 206 Å². The van der Waals surface area contributed by atoms with E-state index in [1.54, 1.807) is 4.90 Å². The number of aliphatic hydroxyl groups excluding tert-OH is 4. The average Bonchev–Trinajstić information content (AvgIpc) is 3.30. The molecule has 0 aromatic carbocycles. The van der Waals surface area contributed by atoms with Crippen molar-refractivity contribution < 1.29 is 49.4 Å². The van der Waals surface area contributed by atoms with Crippen LogP contribution in [0, 0.1) is 0 Å². The molecule has 1 rings (SSSR count). The summed E-state index contributed by atoms with van der Waals surface area (Å²) in [4.78, 5) is 52.8. The smallest absolute Gasteiger partial charge is 0.303 e. The van der Waals surface area contributed by atoms with Crippen molar-refractivity contribution >= 4 is 23.7 Å². The van der Waals surface area contributed by atoms with Gasteiger partial charge in [-0.05, 0) is 25.7 Å². The second-order valence-corrected chi connectivity index (χ2v) is 19.5. The molecule has 0 unspecified atom stereocenters. The lowest BCUT2D eigenvalue weighted by atomic mass is 9.94. The van der Waals surface area contributed by atoms with Crippen LogP contribution in [0.4, 0.5) is 0 Å². The molecule has 13 heteroatoms. The van der Waals surface area contributed by atoms with Gasteiger partial charge in [-0.3, -0.25) is 19.2 Å². The Labute approximate surface area is 401 Å². The van der Waals surface area contributed by atoms with Gasteiger partial charge in [-0.15, -0.1) is 0 Å². The van der Waals surface area contributed by atoms with Gasteiger partial charge in [0.15, 0.2) is 6.23 Å². The molecule has 0 aromatic heterocycles. The molecular formula is C53H101N3O10. The number of unbranched alkanes of at least 4 members (excludes halogenated alkanes) is 32. The summed E-state index contributed by atoms with van der Waals surface area (Å²) in [6.45, 7) is 3.47. The molecule has 1 heterocycles. The Balaban J connectivity index is 2.81. The highest BCUT2D eigenvalue weighted by Crippen LogP contribution is 2.26. The van der Waals surface area contributed by atoms with Gasteiger partial charge in [0.2, 0.25) is 17.7 Å². The Hall–Kier alpha value is -2.32. The van der Waals surface area contributed by atoms with E-state index in [9.17, 15) is 39.6 Å². The van der Waals surface area contributed by atoms with Crippen LogP contribution in [-0.4, -0.2) is 111 Å². The summed E-state index contributed by atoms with van der Waals surface area (Å²) in [5.74, 6) is -2.33. The third-order valence-corrected chi connectivity index (χ3v) is 13.5. The van der Waals surface area contributed by atoms with E-state index in [-0.39, 0.29) is 25.2 Å². The SMILES string of the molecule is CCCCCCCCCCCCCCCCCCN(C(=O)CCCCCCCCCCCCCCCCC)[C@@H]1O[C@H](CO)[C@@H](O)[C@H](O)[C@H]1NC(=O)[C@H](CO)NC(=O)CCCCCCC(=O)O. The van der Waals surface area contributed by atoms with Gasteiger partial charge in [-0.1, -0.05) is 213 Å². The molecule has 0 saturated carbocycles. The van der Waals surface area contributed by atoms with Crippen LogP contribution in [0.2, 0.25) is 0 Å². The van der Waals surface area contributed by atoms with Crippen molar-refractivity contribution in [2.45, 2.75) is 294 Å². The molecule has 13 nitrogen and oxygen atoms in total. The molecule has 7 N–H and O–H groups in total. The van der Waals surface area contributed by atoms with E-state index in [0.29, 0.717) is 45.1 Å². The van der Waals surface area contributed by atoms with Crippen LogP contribution >= 0.6 is 0 Å². The van der Waals surface area contributed by atoms with Crippen molar-refractivity contribution in [3.63, 3.8) is 0 Å². The molecule has 0 aliphatic carbocycles. The van der Waals surface area contributed by atoms with Gasteiger partial charge in [-0.2, -0.15) is 0 Å². The molecule has 1 fully saturated rings. The number of amides is 3. The van der Waals surface area contributed by atoms with E-state index in [4.69, 9.17) is 9.84 Å². The molecule has 388 valence electrons. The second kappa shape index (κ2) is 42.8. The van der Waals surface area contributed by atoms with Crippen molar-refractivity contribution in [1.29, 1.82) is 0 Å². The minimum Gasteiger partial charge on any atom is -0.481 e. The summed E-state index contributed by atoms with van der Waals surface area (Å²) < 4.78 is 6.16. The highest BCUT2D eigenvalue weighted by molar-refractivity contribution is 5.88. The lowest BCUT2D eigenvalue weighted by Crippen LogP contribution is -2.70. The molecule has 0 aromatic rings. The summed E-state index contributed by atoms with van der Waals surface area (Å²) >= 11 is 0. The second-order valence-electron chi connectivity index (χ2n) is 19.5. The fraction of sp³-hybridized carbons (Fsp3) is 0.925. The molecule has 0 bridgehead atoms. The van der Waals surface area contributed by atoms with E-state index in [2.05, 4.69) is 24.5 Å². The zero-order valence-electron chi connectivity index (χ0n) is 42.2. The van der Waals surface area contributed by atoms with Gasteiger partial charge in [0.25, 0.3) is 0 Å². The number of nitrogens with one attached hydrogen (secondary N) is 2. The van der Waals surface area contributed by atoms with Crippen LogP contribution in [0.3, 0.4) is 0 Å². The van der Waals surface area contributed by atoms with Gasteiger partial charge in [-0.25, -0.2) is 0 Å². The van der Waals surface area contributed by atoms with E-state index < -0.39 is 67.6 Å². The van der Waals surface area contributed by atoms with Gasteiger partial charge < -0.3 is 45.8 Å². The van der Waals surface area contributed by atoms with E-state index in [1.807, 2.05) is 0 Å². The van der Waals surface area contributed by atoms with Crippen molar-refractivity contribution in [3.05, 3.63) is 0 Å². The van der Waals surface area contributed by atoms with Crippen LogP contribution in [-0.2, 0) is 23.9 Å². The molecule has 0 spiro atoms. The number of carboxylic acids is 1. The number of carbonyl (C=O) groups excluding carboxylic acids is 3. The van der Waals surface area contributed by atoms with Gasteiger partial charge in [0, 0.05) is 25.8 Å². The molecular weight excluding hydrogens is 839 g/mol. The number of rotatable bonds is 46. The van der Waals surface area contributed by atoms with Gasteiger partial charge >= 0.3 is 5.97 Å². The highest BCUT2D eigenvalue weighted by Gasteiger charge is 2.48. The van der Waals surface area contributed by atoms with Crippen LogP contribution in [0.15, 0.2) is 0 Å². The van der Waals surface area contributed by atoms with Crippen LogP contribution in [0.5, 0.6) is 0 Å². The molecule has 1 saturated heterocycles. The molecule has 0 radical (unpaired) electrons.